The number of esters is 1. The molecule has 5 rings (SSSR count). The summed E-state index contributed by atoms with van der Waals surface area (Å²) in [4.78, 5) is 43.9. The molecule has 1 amide bonds. The summed E-state index contributed by atoms with van der Waals surface area (Å²) in [5, 5.41) is 6.97. The van der Waals surface area contributed by atoms with Crippen molar-refractivity contribution in [2.24, 2.45) is 5.92 Å². The SMILES string of the molecule is CCN(c1cc(-c2ccc(OCCCCOc3cc([C@@H](C(=O)OC)C(C)C)on3)cc2)cc(C(=O)NCc2c(C)cc(C)[nH]c2=O)c1C)C1CCOCC1. The zero-order chi connectivity index (χ0) is 38.8. The van der Waals surface area contributed by atoms with E-state index in [2.05, 4.69) is 33.3 Å². The van der Waals surface area contributed by atoms with Crippen LogP contribution in [-0.2, 0) is 20.8 Å². The first-order valence-electron chi connectivity index (χ1n) is 18.9. The zero-order valence-electron chi connectivity index (χ0n) is 32.6. The Morgan fingerprint density at radius 2 is 1.69 bits per heavy atom. The normalized spacial score (nSPS) is 13.8. The maximum atomic E-state index is 13.9. The van der Waals surface area contributed by atoms with E-state index >= 15 is 0 Å². The summed E-state index contributed by atoms with van der Waals surface area (Å²) in [5.41, 5.74) is 6.34. The highest BCUT2D eigenvalue weighted by atomic mass is 16.5. The number of pyridine rings is 1. The number of ether oxygens (including phenoxy) is 4. The molecule has 1 aliphatic heterocycles. The predicted molar refractivity (Wildman–Crippen MR) is 208 cm³/mol. The van der Waals surface area contributed by atoms with Crippen molar-refractivity contribution in [3.8, 4) is 22.8 Å². The maximum Gasteiger partial charge on any atom is 0.316 e. The van der Waals surface area contributed by atoms with Gasteiger partial charge in [0.2, 0.25) is 0 Å². The zero-order valence-corrected chi connectivity index (χ0v) is 32.6. The van der Waals surface area contributed by atoms with Crippen LogP contribution in [0.15, 0.2) is 57.8 Å². The molecule has 1 saturated heterocycles. The fraction of sp³-hybridized carbons (Fsp3) is 0.476. The summed E-state index contributed by atoms with van der Waals surface area (Å²) in [6.07, 6.45) is 3.34. The topological polar surface area (TPSA) is 145 Å². The van der Waals surface area contributed by atoms with E-state index in [1.54, 1.807) is 6.07 Å². The van der Waals surface area contributed by atoms with Crippen molar-refractivity contribution in [1.29, 1.82) is 0 Å². The minimum Gasteiger partial charge on any atom is -0.494 e. The quantitative estimate of drug-likeness (QED) is 0.0854. The Hall–Kier alpha value is -5.10. The lowest BCUT2D eigenvalue weighted by molar-refractivity contribution is -0.144. The number of anilines is 1. The van der Waals surface area contributed by atoms with Crippen LogP contribution in [0.1, 0.15) is 90.9 Å². The number of aryl methyl sites for hydroxylation is 2. The predicted octanol–water partition coefficient (Wildman–Crippen LogP) is 7.04. The van der Waals surface area contributed by atoms with E-state index in [4.69, 9.17) is 23.5 Å². The van der Waals surface area contributed by atoms with Gasteiger partial charge >= 0.3 is 5.97 Å². The summed E-state index contributed by atoms with van der Waals surface area (Å²) in [7, 11) is 1.36. The molecule has 54 heavy (non-hydrogen) atoms. The van der Waals surface area contributed by atoms with Crippen LogP contribution in [0.25, 0.3) is 11.1 Å². The number of nitrogens with one attached hydrogen (secondary N) is 2. The molecule has 0 bridgehead atoms. The summed E-state index contributed by atoms with van der Waals surface area (Å²) < 4.78 is 27.7. The lowest BCUT2D eigenvalue weighted by atomic mass is 9.93. The number of rotatable bonds is 17. The molecule has 2 aromatic heterocycles. The third kappa shape index (κ3) is 9.90. The molecule has 4 aromatic rings. The first-order chi connectivity index (χ1) is 26.0. The molecule has 290 valence electrons. The molecule has 0 saturated carbocycles. The van der Waals surface area contributed by atoms with Crippen molar-refractivity contribution in [3.63, 3.8) is 0 Å². The lowest BCUT2D eigenvalue weighted by Crippen LogP contribution is -2.40. The number of aromatic nitrogens is 2. The van der Waals surface area contributed by atoms with Gasteiger partial charge in [-0.2, -0.15) is 0 Å². The van der Waals surface area contributed by atoms with Gasteiger partial charge in [0.1, 0.15) is 11.7 Å². The van der Waals surface area contributed by atoms with Gasteiger partial charge in [-0.25, -0.2) is 0 Å². The van der Waals surface area contributed by atoms with Gasteiger partial charge in [-0.05, 0) is 117 Å². The molecule has 2 N–H and O–H groups in total. The molecule has 0 radical (unpaired) electrons. The average Bonchev–Trinajstić information content (AvgIpc) is 3.61. The highest BCUT2D eigenvalue weighted by Gasteiger charge is 2.30. The minimum absolute atomic E-state index is 0.00963. The number of amides is 1. The standard InChI is InChI=1S/C42H54N4O8/c1-8-46(32-15-19-51-20-16-32)36-23-31(22-34(29(36)6)40(47)43-25-35-27(4)21-28(5)44-41(35)48)30-11-13-33(14-12-30)52-17-9-10-18-53-38-24-37(54-45-38)39(26(2)3)42(49)50-7/h11-14,21-24,26,32,39H,8-10,15-20,25H2,1-7H3,(H,43,47)(H,44,48)/t39-/m0/s1. The summed E-state index contributed by atoms with van der Waals surface area (Å²) in [5.74, 6) is 0.354. The number of unbranched alkanes of at least 4 members (excludes halogenated alkanes) is 1. The Morgan fingerprint density at radius 3 is 2.33 bits per heavy atom. The van der Waals surface area contributed by atoms with Crippen molar-refractivity contribution in [1.82, 2.24) is 15.5 Å². The van der Waals surface area contributed by atoms with Crippen molar-refractivity contribution in [3.05, 3.63) is 92.6 Å². The highest BCUT2D eigenvalue weighted by Crippen LogP contribution is 2.35. The largest absolute Gasteiger partial charge is 0.494 e. The lowest BCUT2D eigenvalue weighted by Gasteiger charge is -2.37. The molecule has 2 aromatic carbocycles. The highest BCUT2D eigenvalue weighted by molar-refractivity contribution is 5.99. The molecule has 0 spiro atoms. The number of nitrogens with zero attached hydrogens (tertiary/aromatic N) is 2. The monoisotopic (exact) mass is 742 g/mol. The first-order valence-corrected chi connectivity index (χ1v) is 18.9. The smallest absolute Gasteiger partial charge is 0.316 e. The molecular formula is C42H54N4O8. The Balaban J connectivity index is 1.24. The number of aromatic amines is 1. The Bertz CT molecular complexity index is 1930. The molecule has 12 nitrogen and oxygen atoms in total. The van der Waals surface area contributed by atoms with Gasteiger partial charge in [-0.1, -0.05) is 26.0 Å². The van der Waals surface area contributed by atoms with Crippen molar-refractivity contribution < 1.29 is 33.1 Å². The second-order valence-corrected chi connectivity index (χ2v) is 14.2. The van der Waals surface area contributed by atoms with E-state index in [0.29, 0.717) is 55.2 Å². The molecule has 3 heterocycles. The number of benzene rings is 2. The van der Waals surface area contributed by atoms with Crippen molar-refractivity contribution in [2.45, 2.75) is 85.7 Å². The van der Waals surface area contributed by atoms with Crippen molar-refractivity contribution >= 4 is 17.6 Å². The van der Waals surface area contributed by atoms with Gasteiger partial charge in [0, 0.05) is 60.9 Å². The van der Waals surface area contributed by atoms with Gasteiger partial charge < -0.3 is 38.7 Å². The molecule has 12 heteroatoms. The van der Waals surface area contributed by atoms with Gasteiger partial charge in [0.05, 0.1) is 20.3 Å². The van der Waals surface area contributed by atoms with E-state index in [9.17, 15) is 14.4 Å². The number of carbonyl (C=O) groups excluding carboxylic acids is 2. The van der Waals surface area contributed by atoms with Gasteiger partial charge in [0.15, 0.2) is 5.76 Å². The van der Waals surface area contributed by atoms with E-state index in [0.717, 1.165) is 71.6 Å². The fourth-order valence-electron chi connectivity index (χ4n) is 7.03. The van der Waals surface area contributed by atoms with Crippen LogP contribution in [-0.4, -0.2) is 68.1 Å². The average molecular weight is 743 g/mol. The van der Waals surface area contributed by atoms with E-state index in [1.165, 1.54) is 7.11 Å². The third-order valence-electron chi connectivity index (χ3n) is 10.0. The molecule has 0 unspecified atom stereocenters. The van der Waals surface area contributed by atoms with Gasteiger partial charge in [-0.15, -0.1) is 0 Å². The maximum absolute atomic E-state index is 13.9. The van der Waals surface area contributed by atoms with Gasteiger partial charge in [-0.3, -0.25) is 14.4 Å². The van der Waals surface area contributed by atoms with Crippen LogP contribution in [0.5, 0.6) is 11.6 Å². The molecule has 1 aliphatic rings. The number of H-pyrrole nitrogens is 1. The minimum atomic E-state index is -0.538. The van der Waals surface area contributed by atoms with Crippen LogP contribution in [0.2, 0.25) is 0 Å². The van der Waals surface area contributed by atoms with Crippen molar-refractivity contribution in [2.75, 3.05) is 45.0 Å². The summed E-state index contributed by atoms with van der Waals surface area (Å²) >= 11 is 0. The third-order valence-corrected chi connectivity index (χ3v) is 10.0. The summed E-state index contributed by atoms with van der Waals surface area (Å²) in [6.45, 7) is 15.0. The number of hydrogen-bond acceptors (Lipinski definition) is 10. The fourth-order valence-corrected chi connectivity index (χ4v) is 7.03. The van der Waals surface area contributed by atoms with Crippen LogP contribution >= 0.6 is 0 Å². The number of hydrogen-bond donors (Lipinski definition) is 2. The second-order valence-electron chi connectivity index (χ2n) is 14.2. The van der Waals surface area contributed by atoms with Gasteiger partial charge in [0.25, 0.3) is 17.3 Å². The van der Waals surface area contributed by atoms with Crippen LogP contribution in [0, 0.1) is 26.7 Å². The summed E-state index contributed by atoms with van der Waals surface area (Å²) in [6, 6.07) is 15.9. The first kappa shape index (κ1) is 40.1. The molecule has 1 fully saturated rings. The molecular weight excluding hydrogens is 688 g/mol. The Morgan fingerprint density at radius 1 is 0.981 bits per heavy atom. The van der Waals surface area contributed by atoms with Crippen LogP contribution in [0.3, 0.4) is 0 Å². The van der Waals surface area contributed by atoms with E-state index in [1.807, 2.05) is 71.0 Å². The second kappa shape index (κ2) is 18.8. The Kier molecular flexibility index (Phi) is 13.9. The van der Waals surface area contributed by atoms with E-state index < -0.39 is 5.92 Å². The Labute approximate surface area is 317 Å². The van der Waals surface area contributed by atoms with E-state index in [-0.39, 0.29) is 29.9 Å². The van der Waals surface area contributed by atoms with Crippen LogP contribution in [0.4, 0.5) is 5.69 Å². The number of carbonyl (C=O) groups is 2. The number of methoxy groups -OCH3 is 1. The molecule has 0 aliphatic carbocycles. The van der Waals surface area contributed by atoms with Crippen LogP contribution < -0.4 is 25.2 Å². The molecule has 1 atom stereocenters.